The van der Waals surface area contributed by atoms with Gasteiger partial charge in [-0.25, -0.2) is 0 Å². The summed E-state index contributed by atoms with van der Waals surface area (Å²) in [5.74, 6) is 1.69. The van der Waals surface area contributed by atoms with Gasteiger partial charge in [-0.15, -0.1) is 0 Å². The minimum Gasteiger partial charge on any atom is -0.484 e. The van der Waals surface area contributed by atoms with Crippen molar-refractivity contribution in [3.8, 4) is 0 Å². The van der Waals surface area contributed by atoms with Gasteiger partial charge >= 0.3 is 0 Å². The summed E-state index contributed by atoms with van der Waals surface area (Å²) in [5.41, 5.74) is 0. The van der Waals surface area contributed by atoms with E-state index in [0.29, 0.717) is 12.0 Å². The minimum atomic E-state index is 0.616. The molecule has 1 heterocycles. The van der Waals surface area contributed by atoms with Gasteiger partial charge in [-0.2, -0.15) is 0 Å². The molecule has 2 atom stereocenters. The van der Waals surface area contributed by atoms with Gasteiger partial charge in [-0.05, 0) is 19.3 Å². The Bertz CT molecular complexity index is 153. The van der Waals surface area contributed by atoms with Crippen molar-refractivity contribution >= 4 is 5.90 Å². The van der Waals surface area contributed by atoms with Crippen molar-refractivity contribution < 1.29 is 4.74 Å². The molecule has 0 aromatic carbocycles. The monoisotopic (exact) mass is 125 g/mol. The molecule has 0 aromatic heterocycles. The van der Waals surface area contributed by atoms with E-state index in [2.05, 4.69) is 4.99 Å². The van der Waals surface area contributed by atoms with Crippen LogP contribution in [0, 0.1) is 5.92 Å². The molecule has 1 aliphatic carbocycles. The summed E-state index contributed by atoms with van der Waals surface area (Å²) in [6.45, 7) is 0. The van der Waals surface area contributed by atoms with Crippen LogP contribution in [0.5, 0.6) is 0 Å². The highest BCUT2D eigenvalue weighted by Gasteiger charge is 2.35. The lowest BCUT2D eigenvalue weighted by Crippen LogP contribution is -2.10. The highest BCUT2D eigenvalue weighted by molar-refractivity contribution is 5.81. The van der Waals surface area contributed by atoms with Crippen molar-refractivity contribution in [1.82, 2.24) is 0 Å². The van der Waals surface area contributed by atoms with Crippen molar-refractivity contribution in [1.29, 1.82) is 0 Å². The third-order valence-electron chi connectivity index (χ3n) is 2.27. The lowest BCUT2D eigenvalue weighted by Gasteiger charge is -2.08. The van der Waals surface area contributed by atoms with E-state index in [4.69, 9.17) is 4.74 Å². The molecule has 1 saturated carbocycles. The molecule has 50 valence electrons. The topological polar surface area (TPSA) is 21.6 Å². The van der Waals surface area contributed by atoms with Gasteiger partial charge in [-0.3, -0.25) is 4.99 Å². The van der Waals surface area contributed by atoms with Gasteiger partial charge in [0.05, 0.1) is 13.2 Å². The molecule has 2 aliphatic rings. The minimum absolute atomic E-state index is 0.616. The van der Waals surface area contributed by atoms with Crippen LogP contribution in [0.15, 0.2) is 4.99 Å². The summed E-state index contributed by atoms with van der Waals surface area (Å²) in [6.07, 6.45) is 3.85. The Morgan fingerprint density at radius 3 is 2.78 bits per heavy atom. The molecule has 0 saturated heterocycles. The van der Waals surface area contributed by atoms with E-state index < -0.39 is 0 Å². The van der Waals surface area contributed by atoms with Crippen LogP contribution in [0.4, 0.5) is 0 Å². The van der Waals surface area contributed by atoms with Gasteiger partial charge in [0.25, 0.3) is 0 Å². The van der Waals surface area contributed by atoms with Crippen LogP contribution in [0.1, 0.15) is 19.3 Å². The normalized spacial score (nSPS) is 39.0. The lowest BCUT2D eigenvalue weighted by molar-refractivity contribution is 0.369. The van der Waals surface area contributed by atoms with Crippen molar-refractivity contribution in [3.05, 3.63) is 0 Å². The Balaban J connectivity index is 2.18. The molecule has 2 heteroatoms. The molecular weight excluding hydrogens is 114 g/mol. The summed E-state index contributed by atoms with van der Waals surface area (Å²) in [4.78, 5) is 4.37. The fraction of sp³-hybridized carbons (Fsp3) is 0.857. The SMILES string of the molecule is COC1=NC2CCC1C2. The van der Waals surface area contributed by atoms with E-state index in [1.807, 2.05) is 0 Å². The molecule has 0 aromatic rings. The zero-order valence-electron chi connectivity index (χ0n) is 5.63. The van der Waals surface area contributed by atoms with Crippen LogP contribution in [-0.2, 0) is 4.74 Å². The van der Waals surface area contributed by atoms with Gasteiger partial charge in [0.15, 0.2) is 5.90 Å². The smallest absolute Gasteiger partial charge is 0.186 e. The first-order chi connectivity index (χ1) is 4.40. The van der Waals surface area contributed by atoms with E-state index in [9.17, 15) is 0 Å². The molecule has 2 bridgehead atoms. The van der Waals surface area contributed by atoms with Crippen molar-refractivity contribution in [2.24, 2.45) is 10.9 Å². The quantitative estimate of drug-likeness (QED) is 0.477. The third-order valence-corrected chi connectivity index (χ3v) is 2.27. The second-order valence-electron chi connectivity index (χ2n) is 2.84. The average Bonchev–Trinajstić information content (AvgIpc) is 2.45. The van der Waals surface area contributed by atoms with Crippen molar-refractivity contribution in [2.75, 3.05) is 7.11 Å². The molecule has 2 nitrogen and oxygen atoms in total. The summed E-state index contributed by atoms with van der Waals surface area (Å²) < 4.78 is 5.10. The van der Waals surface area contributed by atoms with E-state index in [1.165, 1.54) is 19.3 Å². The van der Waals surface area contributed by atoms with E-state index in [1.54, 1.807) is 7.11 Å². The van der Waals surface area contributed by atoms with Crippen LogP contribution >= 0.6 is 0 Å². The summed E-state index contributed by atoms with van der Waals surface area (Å²) >= 11 is 0. The first kappa shape index (κ1) is 5.27. The zero-order chi connectivity index (χ0) is 6.27. The summed E-state index contributed by atoms with van der Waals surface area (Å²) in [6, 6.07) is 0.616. The number of fused-ring (bicyclic) bond motifs is 2. The molecule has 0 amide bonds. The number of aliphatic imine (C=N–C) groups is 1. The zero-order valence-corrected chi connectivity index (χ0v) is 5.63. The number of hydrogen-bond donors (Lipinski definition) is 0. The first-order valence-electron chi connectivity index (χ1n) is 3.52. The Labute approximate surface area is 54.9 Å². The van der Waals surface area contributed by atoms with E-state index >= 15 is 0 Å². The fourth-order valence-electron chi connectivity index (χ4n) is 1.80. The highest BCUT2D eigenvalue weighted by Crippen LogP contribution is 2.35. The molecule has 0 radical (unpaired) electrons. The maximum Gasteiger partial charge on any atom is 0.186 e. The number of rotatable bonds is 0. The van der Waals surface area contributed by atoms with Gasteiger partial charge in [0.1, 0.15) is 0 Å². The van der Waals surface area contributed by atoms with Gasteiger partial charge in [-0.1, -0.05) is 0 Å². The summed E-state index contributed by atoms with van der Waals surface area (Å²) in [7, 11) is 1.72. The molecule has 1 fully saturated rings. The van der Waals surface area contributed by atoms with E-state index in [-0.39, 0.29) is 0 Å². The van der Waals surface area contributed by atoms with Crippen molar-refractivity contribution in [3.63, 3.8) is 0 Å². The van der Waals surface area contributed by atoms with Crippen LogP contribution in [0.3, 0.4) is 0 Å². The van der Waals surface area contributed by atoms with Gasteiger partial charge < -0.3 is 4.74 Å². The molecule has 2 unspecified atom stereocenters. The van der Waals surface area contributed by atoms with Crippen LogP contribution < -0.4 is 0 Å². The Morgan fingerprint density at radius 1 is 1.56 bits per heavy atom. The molecule has 0 spiro atoms. The second-order valence-corrected chi connectivity index (χ2v) is 2.84. The molecule has 2 rings (SSSR count). The first-order valence-corrected chi connectivity index (χ1v) is 3.52. The molecule has 9 heavy (non-hydrogen) atoms. The number of hydrogen-bond acceptors (Lipinski definition) is 2. The average molecular weight is 125 g/mol. The predicted molar refractivity (Wildman–Crippen MR) is 35.6 cm³/mol. The third kappa shape index (κ3) is 0.655. The number of ether oxygens (including phenoxy) is 1. The molecule has 0 N–H and O–H groups in total. The Kier molecular flexibility index (Phi) is 1.01. The molecular formula is C7H11NO. The number of methoxy groups -OCH3 is 1. The maximum atomic E-state index is 5.10. The predicted octanol–water partition coefficient (Wildman–Crippen LogP) is 1.21. The highest BCUT2D eigenvalue weighted by atomic mass is 16.5. The second kappa shape index (κ2) is 1.72. The summed E-state index contributed by atoms with van der Waals surface area (Å²) in [5, 5.41) is 0. The maximum absolute atomic E-state index is 5.10. The Morgan fingerprint density at radius 2 is 2.44 bits per heavy atom. The van der Waals surface area contributed by atoms with Crippen LogP contribution in [0.25, 0.3) is 0 Å². The van der Waals surface area contributed by atoms with Gasteiger partial charge in [0, 0.05) is 5.92 Å². The standard InChI is InChI=1S/C7H11NO/c1-9-7-5-2-3-6(4-5)8-7/h5-6H,2-4H2,1H3. The van der Waals surface area contributed by atoms with Crippen molar-refractivity contribution in [2.45, 2.75) is 25.3 Å². The molecule has 1 aliphatic heterocycles. The fourth-order valence-corrected chi connectivity index (χ4v) is 1.80. The number of nitrogens with zero attached hydrogens (tertiary/aromatic N) is 1. The lowest BCUT2D eigenvalue weighted by atomic mass is 10.1. The van der Waals surface area contributed by atoms with Gasteiger partial charge in [0.2, 0.25) is 0 Å². The van der Waals surface area contributed by atoms with Crippen LogP contribution in [0.2, 0.25) is 0 Å². The van der Waals surface area contributed by atoms with Crippen LogP contribution in [-0.4, -0.2) is 19.0 Å². The van der Waals surface area contributed by atoms with E-state index in [0.717, 1.165) is 5.90 Å². The largest absolute Gasteiger partial charge is 0.484 e. The Hall–Kier alpha value is -0.530.